The Hall–Kier alpha value is -6.44. The Kier molecular flexibility index (Phi) is 7.89. The van der Waals surface area contributed by atoms with Crippen molar-refractivity contribution in [2.75, 3.05) is 4.90 Å². The van der Waals surface area contributed by atoms with Crippen LogP contribution in [0.15, 0.2) is 182 Å². The van der Waals surface area contributed by atoms with Gasteiger partial charge in [0, 0.05) is 27.8 Å². The van der Waals surface area contributed by atoms with Gasteiger partial charge in [0.25, 0.3) is 0 Å². The lowest BCUT2D eigenvalue weighted by Gasteiger charge is -2.32. The standard InChI is InChI=1S/C58H49N/c1-56(2,3)41-29-25-38(26-30-41)44-16-9-13-24-54(44)59(42-31-27-39(28-32-42)45-19-14-20-49-47-18-7-11-22-51(47)57(4,5)55(45)49)43-33-34-48-46-17-8-12-23-52(46)58(53(48)37-43)36-35-40-15-6-10-21-50(40)58/h6-34,37H,35-36H2,1-5H3. The SMILES string of the molecule is CC(C)(C)c1ccc(-c2ccccc2N(c2ccc(-c3cccc4c3C(C)(C)c3ccccc3-4)cc2)c2ccc3c(c2)C2(CCc4ccccc42)c2ccccc2-3)cc1. The van der Waals surface area contributed by atoms with Crippen LogP contribution in [0.25, 0.3) is 44.5 Å². The van der Waals surface area contributed by atoms with Crippen LogP contribution in [0.4, 0.5) is 17.1 Å². The summed E-state index contributed by atoms with van der Waals surface area (Å²) in [6, 6.07) is 68.9. The van der Waals surface area contributed by atoms with Crippen LogP contribution in [0.2, 0.25) is 0 Å². The van der Waals surface area contributed by atoms with E-state index in [1.807, 2.05) is 0 Å². The summed E-state index contributed by atoms with van der Waals surface area (Å²) in [7, 11) is 0. The first kappa shape index (κ1) is 35.7. The Bertz CT molecular complexity index is 2940. The lowest BCUT2D eigenvalue weighted by Crippen LogP contribution is -2.24. The first-order valence-corrected chi connectivity index (χ1v) is 21.3. The summed E-state index contributed by atoms with van der Waals surface area (Å²) in [5.41, 5.74) is 23.6. The summed E-state index contributed by atoms with van der Waals surface area (Å²) < 4.78 is 0. The molecule has 11 rings (SSSR count). The minimum Gasteiger partial charge on any atom is -0.310 e. The van der Waals surface area contributed by atoms with E-state index in [9.17, 15) is 0 Å². The molecule has 1 heteroatoms. The van der Waals surface area contributed by atoms with Gasteiger partial charge in [0.05, 0.1) is 5.69 Å². The molecule has 0 bridgehead atoms. The first-order valence-electron chi connectivity index (χ1n) is 21.3. The highest BCUT2D eigenvalue weighted by Crippen LogP contribution is 2.59. The van der Waals surface area contributed by atoms with Gasteiger partial charge >= 0.3 is 0 Å². The first-order chi connectivity index (χ1) is 28.6. The van der Waals surface area contributed by atoms with E-state index in [0.29, 0.717) is 0 Å². The van der Waals surface area contributed by atoms with Gasteiger partial charge in [0.1, 0.15) is 0 Å². The zero-order valence-corrected chi connectivity index (χ0v) is 34.7. The summed E-state index contributed by atoms with van der Waals surface area (Å²) in [5.74, 6) is 0. The Morgan fingerprint density at radius 3 is 1.73 bits per heavy atom. The third-order valence-electron chi connectivity index (χ3n) is 13.9. The fraction of sp³-hybridized carbons (Fsp3) is 0.172. The van der Waals surface area contributed by atoms with Gasteiger partial charge in [0.15, 0.2) is 0 Å². The second-order valence-electron chi connectivity index (χ2n) is 18.5. The average molecular weight is 760 g/mol. The number of benzene rings is 8. The predicted octanol–water partition coefficient (Wildman–Crippen LogP) is 15.4. The molecule has 59 heavy (non-hydrogen) atoms. The normalized spacial score (nSPS) is 16.6. The van der Waals surface area contributed by atoms with Crippen molar-refractivity contribution in [3.8, 4) is 44.5 Å². The number of hydrogen-bond donors (Lipinski definition) is 0. The third-order valence-corrected chi connectivity index (χ3v) is 13.9. The van der Waals surface area contributed by atoms with Gasteiger partial charge in [-0.15, -0.1) is 0 Å². The maximum absolute atomic E-state index is 2.52. The van der Waals surface area contributed by atoms with Crippen molar-refractivity contribution in [3.63, 3.8) is 0 Å². The van der Waals surface area contributed by atoms with Crippen molar-refractivity contribution in [3.05, 3.63) is 221 Å². The number of nitrogens with zero attached hydrogens (tertiary/aromatic N) is 1. The van der Waals surface area contributed by atoms with E-state index < -0.39 is 0 Å². The smallest absolute Gasteiger partial charge is 0.0540 e. The molecule has 0 aromatic heterocycles. The lowest BCUT2D eigenvalue weighted by atomic mass is 9.73. The number of fused-ring (bicyclic) bond motifs is 10. The van der Waals surface area contributed by atoms with Crippen molar-refractivity contribution < 1.29 is 0 Å². The number of hydrogen-bond acceptors (Lipinski definition) is 1. The van der Waals surface area contributed by atoms with Gasteiger partial charge in [-0.05, 0) is 126 Å². The van der Waals surface area contributed by atoms with Crippen LogP contribution in [0.1, 0.15) is 80.0 Å². The fourth-order valence-corrected chi connectivity index (χ4v) is 11.0. The molecule has 8 aromatic rings. The third kappa shape index (κ3) is 5.30. The van der Waals surface area contributed by atoms with Crippen LogP contribution >= 0.6 is 0 Å². The van der Waals surface area contributed by atoms with Gasteiger partial charge in [0.2, 0.25) is 0 Å². The number of rotatable bonds is 5. The Labute approximate surface area is 349 Å². The van der Waals surface area contributed by atoms with Crippen LogP contribution in [0, 0.1) is 0 Å². The molecule has 0 radical (unpaired) electrons. The van der Waals surface area contributed by atoms with E-state index in [1.165, 1.54) is 89.1 Å². The van der Waals surface area contributed by atoms with Crippen LogP contribution in [-0.4, -0.2) is 0 Å². The van der Waals surface area contributed by atoms with Gasteiger partial charge in [-0.2, -0.15) is 0 Å². The van der Waals surface area contributed by atoms with E-state index in [1.54, 1.807) is 0 Å². The van der Waals surface area contributed by atoms with Crippen molar-refractivity contribution in [1.29, 1.82) is 0 Å². The Morgan fingerprint density at radius 1 is 0.441 bits per heavy atom. The Balaban J connectivity index is 1.09. The van der Waals surface area contributed by atoms with E-state index >= 15 is 0 Å². The lowest BCUT2D eigenvalue weighted by molar-refractivity contribution is 0.590. The van der Waals surface area contributed by atoms with Crippen molar-refractivity contribution in [2.45, 2.75) is 63.7 Å². The van der Waals surface area contributed by atoms with Crippen molar-refractivity contribution in [2.24, 2.45) is 0 Å². The molecule has 8 aromatic carbocycles. The highest BCUT2D eigenvalue weighted by atomic mass is 15.1. The second-order valence-corrected chi connectivity index (χ2v) is 18.5. The minimum absolute atomic E-state index is 0.0829. The summed E-state index contributed by atoms with van der Waals surface area (Å²) >= 11 is 0. The maximum Gasteiger partial charge on any atom is 0.0540 e. The zero-order chi connectivity index (χ0) is 40.1. The van der Waals surface area contributed by atoms with E-state index in [4.69, 9.17) is 0 Å². The van der Waals surface area contributed by atoms with E-state index in [-0.39, 0.29) is 16.2 Å². The molecule has 3 aliphatic carbocycles. The molecule has 0 fully saturated rings. The fourth-order valence-electron chi connectivity index (χ4n) is 11.0. The van der Waals surface area contributed by atoms with Crippen LogP contribution in [0.3, 0.4) is 0 Å². The van der Waals surface area contributed by atoms with E-state index in [2.05, 4.69) is 222 Å². The van der Waals surface area contributed by atoms with Crippen LogP contribution < -0.4 is 4.90 Å². The molecule has 3 aliphatic rings. The van der Waals surface area contributed by atoms with Crippen LogP contribution in [-0.2, 0) is 22.7 Å². The molecular formula is C58H49N. The molecule has 0 amide bonds. The highest BCUT2D eigenvalue weighted by Gasteiger charge is 2.48. The number of para-hydroxylation sites is 1. The molecule has 1 atom stereocenters. The van der Waals surface area contributed by atoms with Gasteiger partial charge in [-0.1, -0.05) is 186 Å². The molecule has 0 saturated heterocycles. The predicted molar refractivity (Wildman–Crippen MR) is 248 cm³/mol. The minimum atomic E-state index is -0.172. The largest absolute Gasteiger partial charge is 0.310 e. The highest BCUT2D eigenvalue weighted by molar-refractivity contribution is 5.93. The molecule has 1 nitrogen and oxygen atoms in total. The zero-order valence-electron chi connectivity index (χ0n) is 34.7. The van der Waals surface area contributed by atoms with Crippen molar-refractivity contribution >= 4 is 17.1 Å². The molecule has 0 heterocycles. The molecule has 1 unspecified atom stereocenters. The molecule has 0 N–H and O–H groups in total. The summed E-state index contributed by atoms with van der Waals surface area (Å²) in [6.07, 6.45) is 2.16. The molecular weight excluding hydrogens is 711 g/mol. The van der Waals surface area contributed by atoms with Gasteiger partial charge in [-0.25, -0.2) is 0 Å². The van der Waals surface area contributed by atoms with Gasteiger partial charge in [-0.3, -0.25) is 0 Å². The number of aryl methyl sites for hydroxylation is 1. The quantitative estimate of drug-likeness (QED) is 0.169. The topological polar surface area (TPSA) is 3.24 Å². The summed E-state index contributed by atoms with van der Waals surface area (Å²) in [5, 5.41) is 0. The molecule has 0 saturated carbocycles. The van der Waals surface area contributed by atoms with Gasteiger partial charge < -0.3 is 4.90 Å². The monoisotopic (exact) mass is 759 g/mol. The average Bonchev–Trinajstić information content (AvgIpc) is 3.87. The maximum atomic E-state index is 2.52. The summed E-state index contributed by atoms with van der Waals surface area (Å²) in [6.45, 7) is 11.6. The summed E-state index contributed by atoms with van der Waals surface area (Å²) in [4.78, 5) is 2.50. The van der Waals surface area contributed by atoms with Crippen molar-refractivity contribution in [1.82, 2.24) is 0 Å². The van der Waals surface area contributed by atoms with Crippen LogP contribution in [0.5, 0.6) is 0 Å². The second kappa shape index (κ2) is 13.0. The van der Waals surface area contributed by atoms with E-state index in [0.717, 1.165) is 24.2 Å². The molecule has 286 valence electrons. The molecule has 0 aliphatic heterocycles. The Morgan fingerprint density at radius 2 is 0.983 bits per heavy atom. The number of anilines is 3. The molecule has 1 spiro atoms.